The molecular formula is C31H42O6. The van der Waals surface area contributed by atoms with Crippen LogP contribution in [0.25, 0.3) is 0 Å². The van der Waals surface area contributed by atoms with Crippen LogP contribution in [0.4, 0.5) is 0 Å². The van der Waals surface area contributed by atoms with Crippen molar-refractivity contribution in [1.29, 1.82) is 0 Å². The molecule has 6 nitrogen and oxygen atoms in total. The highest BCUT2D eigenvalue weighted by Gasteiger charge is 2.47. The second-order valence-electron chi connectivity index (χ2n) is 11.4. The fourth-order valence-corrected chi connectivity index (χ4v) is 6.64. The fraction of sp³-hybridized carbons (Fsp3) is 0.677. The van der Waals surface area contributed by atoms with E-state index in [0.29, 0.717) is 49.1 Å². The first kappa shape index (κ1) is 27.7. The second-order valence-corrected chi connectivity index (χ2v) is 11.4. The summed E-state index contributed by atoms with van der Waals surface area (Å²) in [4.78, 5) is 25.0. The van der Waals surface area contributed by atoms with Crippen molar-refractivity contribution in [2.45, 2.75) is 102 Å². The van der Waals surface area contributed by atoms with Gasteiger partial charge >= 0.3 is 0 Å². The zero-order chi connectivity index (χ0) is 26.4. The summed E-state index contributed by atoms with van der Waals surface area (Å²) in [5, 5.41) is 31.4. The van der Waals surface area contributed by atoms with E-state index in [0.717, 1.165) is 62.5 Å². The van der Waals surface area contributed by atoms with Gasteiger partial charge in [-0.05, 0) is 80.0 Å². The number of hydrogen-bond acceptors (Lipinski definition) is 6. The summed E-state index contributed by atoms with van der Waals surface area (Å²) < 4.78 is 5.28. The Hall–Kier alpha value is -2.36. The maximum atomic E-state index is 13.6. The lowest BCUT2D eigenvalue weighted by Gasteiger charge is -2.40. The van der Waals surface area contributed by atoms with Crippen molar-refractivity contribution in [3.8, 4) is 23.3 Å². The van der Waals surface area contributed by atoms with Gasteiger partial charge < -0.3 is 20.1 Å². The number of carbonyl (C=O) groups excluding carboxylic acids is 2. The predicted octanol–water partition coefficient (Wildman–Crippen LogP) is 4.85. The van der Waals surface area contributed by atoms with Gasteiger partial charge in [-0.15, -0.1) is 0 Å². The minimum atomic E-state index is -1.06. The van der Waals surface area contributed by atoms with Crippen molar-refractivity contribution in [3.63, 3.8) is 0 Å². The molecule has 2 fully saturated rings. The lowest BCUT2D eigenvalue weighted by Crippen LogP contribution is -2.46. The quantitative estimate of drug-likeness (QED) is 0.341. The molecule has 1 aromatic carbocycles. The van der Waals surface area contributed by atoms with Crippen LogP contribution in [0.15, 0.2) is 12.1 Å². The Morgan fingerprint density at radius 3 is 2.41 bits per heavy atom. The standard InChI is InChI=1S/C31H42O6/c1-37-28-19-24-8-11-29(35)31(16-13-23(14-17-32)26(24)20-27(28)34)15-12-22(18-30(31)36)5-3-2-4-21-6-9-25(33)10-7-21/h19-23,30,32,34,36H,2-12,14-15,17-18H2,1H3/t22-,23+,30+,31-/m0/s1. The monoisotopic (exact) mass is 510 g/mol. The minimum absolute atomic E-state index is 0.0135. The molecule has 0 aromatic heterocycles. The van der Waals surface area contributed by atoms with Gasteiger partial charge in [0.2, 0.25) is 0 Å². The molecule has 6 heteroatoms. The maximum absolute atomic E-state index is 13.6. The van der Waals surface area contributed by atoms with Crippen molar-refractivity contribution >= 4 is 11.6 Å². The summed E-state index contributed by atoms with van der Waals surface area (Å²) >= 11 is 0. The molecule has 0 bridgehead atoms. The topological polar surface area (TPSA) is 104 Å². The van der Waals surface area contributed by atoms with Gasteiger partial charge in [0, 0.05) is 31.8 Å². The van der Waals surface area contributed by atoms with Crippen LogP contribution in [0.5, 0.6) is 11.5 Å². The van der Waals surface area contributed by atoms with Crippen LogP contribution in [0.1, 0.15) is 101 Å². The molecule has 3 N–H and O–H groups in total. The van der Waals surface area contributed by atoms with Gasteiger partial charge in [-0.1, -0.05) is 37.5 Å². The number of phenols is 1. The summed E-state index contributed by atoms with van der Waals surface area (Å²) in [5.41, 5.74) is 0.640. The minimum Gasteiger partial charge on any atom is -0.504 e. The number of aryl methyl sites for hydroxylation is 1. The number of fused-ring (bicyclic) bond motifs is 1. The first-order valence-corrected chi connectivity index (χ1v) is 14.1. The number of carbonyl (C=O) groups is 2. The van der Waals surface area contributed by atoms with E-state index in [1.54, 1.807) is 12.1 Å². The van der Waals surface area contributed by atoms with E-state index in [1.807, 2.05) is 0 Å². The van der Waals surface area contributed by atoms with E-state index in [1.165, 1.54) is 13.5 Å². The molecule has 0 unspecified atom stereocenters. The lowest BCUT2D eigenvalue weighted by molar-refractivity contribution is -0.134. The van der Waals surface area contributed by atoms with Crippen LogP contribution in [0.3, 0.4) is 0 Å². The van der Waals surface area contributed by atoms with E-state index in [2.05, 4.69) is 11.8 Å². The van der Waals surface area contributed by atoms with E-state index in [-0.39, 0.29) is 30.5 Å². The summed E-state index contributed by atoms with van der Waals surface area (Å²) in [6, 6.07) is 3.41. The van der Waals surface area contributed by atoms with Crippen LogP contribution in [-0.2, 0) is 16.0 Å². The molecule has 4 atom stereocenters. The Balaban J connectivity index is 1.42. The fourth-order valence-electron chi connectivity index (χ4n) is 6.64. The van der Waals surface area contributed by atoms with Gasteiger partial charge in [0.15, 0.2) is 17.3 Å². The third kappa shape index (κ3) is 6.38. The van der Waals surface area contributed by atoms with Crippen molar-refractivity contribution in [2.24, 2.45) is 17.3 Å². The number of unbranched alkanes of at least 4 members (excludes halogenated alkanes) is 1. The zero-order valence-electron chi connectivity index (χ0n) is 22.1. The molecule has 37 heavy (non-hydrogen) atoms. The number of hydrogen-bond donors (Lipinski definition) is 3. The first-order chi connectivity index (χ1) is 17.9. The number of aliphatic hydroxyl groups is 2. The number of rotatable bonds is 8. The van der Waals surface area contributed by atoms with Gasteiger partial charge in [-0.3, -0.25) is 9.59 Å². The molecular weight excluding hydrogens is 468 g/mol. The number of ketones is 2. The highest BCUT2D eigenvalue weighted by atomic mass is 16.5. The summed E-state index contributed by atoms with van der Waals surface area (Å²) in [5.74, 6) is 7.99. The molecule has 4 rings (SSSR count). The smallest absolute Gasteiger partial charge is 0.160 e. The predicted molar refractivity (Wildman–Crippen MR) is 141 cm³/mol. The molecule has 202 valence electrons. The number of phenolic OH excluding ortho intramolecular Hbond substituents is 1. The van der Waals surface area contributed by atoms with Gasteiger partial charge in [0.05, 0.1) is 13.2 Å². The Kier molecular flexibility index (Phi) is 9.31. The van der Waals surface area contributed by atoms with Gasteiger partial charge in [0.25, 0.3) is 0 Å². The van der Waals surface area contributed by atoms with Gasteiger partial charge in [-0.2, -0.15) is 0 Å². The molecule has 1 aromatic rings. The van der Waals surface area contributed by atoms with Crippen LogP contribution in [-0.4, -0.2) is 46.7 Å². The molecule has 0 saturated heterocycles. The largest absolute Gasteiger partial charge is 0.504 e. The average molecular weight is 511 g/mol. The van der Waals surface area contributed by atoms with Crippen molar-refractivity contribution < 1.29 is 29.6 Å². The Bertz CT molecular complexity index is 1030. The molecule has 3 aliphatic rings. The number of aliphatic hydroxyl groups excluding tert-OH is 2. The molecule has 1 spiro atoms. The lowest BCUT2D eigenvalue weighted by atomic mass is 9.64. The normalized spacial score (nSPS) is 28.6. The van der Waals surface area contributed by atoms with E-state index >= 15 is 0 Å². The Morgan fingerprint density at radius 2 is 1.73 bits per heavy atom. The van der Waals surface area contributed by atoms with E-state index in [9.17, 15) is 24.9 Å². The molecule has 3 aliphatic carbocycles. The second kappa shape index (κ2) is 12.5. The van der Waals surface area contributed by atoms with E-state index < -0.39 is 11.5 Å². The molecule has 2 saturated carbocycles. The third-order valence-corrected chi connectivity index (χ3v) is 9.03. The van der Waals surface area contributed by atoms with Crippen molar-refractivity contribution in [1.82, 2.24) is 0 Å². The Labute approximate surface area is 220 Å². The average Bonchev–Trinajstić information content (AvgIpc) is 2.94. The van der Waals surface area contributed by atoms with Crippen LogP contribution in [0, 0.1) is 29.1 Å². The summed E-state index contributed by atoms with van der Waals surface area (Å²) in [6.07, 6.45) is 10.5. The van der Waals surface area contributed by atoms with Crippen LogP contribution < -0.4 is 4.74 Å². The summed E-state index contributed by atoms with van der Waals surface area (Å²) in [7, 11) is 1.49. The Morgan fingerprint density at radius 1 is 1.00 bits per heavy atom. The summed E-state index contributed by atoms with van der Waals surface area (Å²) in [6.45, 7) is -0.0612. The zero-order valence-corrected chi connectivity index (χ0v) is 22.1. The number of aromatic hydroxyl groups is 1. The van der Waals surface area contributed by atoms with Crippen LogP contribution in [0.2, 0.25) is 0 Å². The number of ether oxygens (including phenoxy) is 1. The van der Waals surface area contributed by atoms with Crippen molar-refractivity contribution in [3.05, 3.63) is 23.3 Å². The molecule has 0 heterocycles. The molecule has 0 radical (unpaired) electrons. The van der Waals surface area contributed by atoms with Crippen molar-refractivity contribution in [2.75, 3.05) is 13.7 Å². The highest BCUT2D eigenvalue weighted by Crippen LogP contribution is 2.44. The number of methoxy groups -OCH3 is 1. The van der Waals surface area contributed by atoms with Gasteiger partial charge in [0.1, 0.15) is 11.2 Å². The SMILES string of the molecule is COc1cc2c(cc1O)[C@@H](CCO)C#C[C@@]1(CC[C@H](CCCCC3CCC(=O)CC3)C[C@H]1O)C(=O)CC2. The van der Waals surface area contributed by atoms with E-state index in [4.69, 9.17) is 4.74 Å². The third-order valence-electron chi connectivity index (χ3n) is 9.03. The number of Topliss-reactive ketones (excluding diaryl/α,β-unsaturated/α-hetero) is 2. The first-order valence-electron chi connectivity index (χ1n) is 14.1. The number of benzene rings is 1. The molecule has 0 amide bonds. The highest BCUT2D eigenvalue weighted by molar-refractivity contribution is 5.89. The molecule has 0 aliphatic heterocycles. The van der Waals surface area contributed by atoms with Crippen LogP contribution >= 0.6 is 0 Å². The van der Waals surface area contributed by atoms with Gasteiger partial charge in [-0.25, -0.2) is 0 Å². The maximum Gasteiger partial charge on any atom is 0.160 e.